The van der Waals surface area contributed by atoms with Gasteiger partial charge in [-0.1, -0.05) is 26.0 Å². The maximum Gasteiger partial charge on any atom is 0.243 e. The molecule has 102 valence electrons. The third-order valence-corrected chi connectivity index (χ3v) is 4.50. The van der Waals surface area contributed by atoms with E-state index >= 15 is 0 Å². The SMILES string of the molecule is Cc1cccc(N)c1S(=O)(=O)NC(C)CC(C)C. The summed E-state index contributed by atoms with van der Waals surface area (Å²) in [5.41, 5.74) is 6.72. The van der Waals surface area contributed by atoms with Crippen LogP contribution >= 0.6 is 0 Å². The van der Waals surface area contributed by atoms with Gasteiger partial charge in [-0.3, -0.25) is 0 Å². The van der Waals surface area contributed by atoms with E-state index in [1.807, 2.05) is 6.92 Å². The van der Waals surface area contributed by atoms with Crippen molar-refractivity contribution >= 4 is 15.7 Å². The van der Waals surface area contributed by atoms with Gasteiger partial charge in [-0.25, -0.2) is 13.1 Å². The fourth-order valence-corrected chi connectivity index (χ4v) is 3.74. The molecule has 3 N–H and O–H groups in total. The number of anilines is 1. The lowest BCUT2D eigenvalue weighted by Crippen LogP contribution is -2.34. The van der Waals surface area contributed by atoms with Crippen LogP contribution in [0.4, 0.5) is 5.69 Å². The highest BCUT2D eigenvalue weighted by atomic mass is 32.2. The molecule has 1 atom stereocenters. The van der Waals surface area contributed by atoms with E-state index in [9.17, 15) is 8.42 Å². The number of rotatable bonds is 5. The smallest absolute Gasteiger partial charge is 0.243 e. The van der Waals surface area contributed by atoms with Crippen molar-refractivity contribution in [3.63, 3.8) is 0 Å². The Morgan fingerprint density at radius 3 is 2.39 bits per heavy atom. The molecule has 4 nitrogen and oxygen atoms in total. The zero-order chi connectivity index (χ0) is 13.9. The first kappa shape index (κ1) is 15.0. The third-order valence-electron chi connectivity index (χ3n) is 2.69. The quantitative estimate of drug-likeness (QED) is 0.806. The Morgan fingerprint density at radius 1 is 1.28 bits per heavy atom. The van der Waals surface area contributed by atoms with Gasteiger partial charge in [0.1, 0.15) is 4.90 Å². The van der Waals surface area contributed by atoms with Gasteiger partial charge in [0, 0.05) is 6.04 Å². The molecule has 0 radical (unpaired) electrons. The number of nitrogen functional groups attached to an aromatic ring is 1. The van der Waals surface area contributed by atoms with Gasteiger partial charge >= 0.3 is 0 Å². The van der Waals surface area contributed by atoms with Gasteiger partial charge in [-0.15, -0.1) is 0 Å². The highest BCUT2D eigenvalue weighted by Gasteiger charge is 2.22. The summed E-state index contributed by atoms with van der Waals surface area (Å²) in [7, 11) is -3.54. The van der Waals surface area contributed by atoms with Crippen molar-refractivity contribution in [2.75, 3.05) is 5.73 Å². The molecule has 0 aliphatic carbocycles. The number of hydrogen-bond donors (Lipinski definition) is 2. The first-order valence-corrected chi connectivity index (χ1v) is 7.59. The topological polar surface area (TPSA) is 72.2 Å². The van der Waals surface area contributed by atoms with E-state index in [0.29, 0.717) is 17.2 Å². The van der Waals surface area contributed by atoms with Crippen molar-refractivity contribution in [2.24, 2.45) is 5.92 Å². The first-order valence-electron chi connectivity index (χ1n) is 6.11. The average molecular weight is 270 g/mol. The summed E-state index contributed by atoms with van der Waals surface area (Å²) >= 11 is 0. The highest BCUT2D eigenvalue weighted by Crippen LogP contribution is 2.22. The lowest BCUT2D eigenvalue weighted by Gasteiger charge is -2.18. The molecule has 0 aliphatic heterocycles. The molecule has 0 spiro atoms. The van der Waals surface area contributed by atoms with Crippen molar-refractivity contribution in [3.8, 4) is 0 Å². The molecule has 0 saturated carbocycles. The Morgan fingerprint density at radius 2 is 1.89 bits per heavy atom. The number of benzene rings is 1. The predicted molar refractivity (Wildman–Crippen MR) is 74.8 cm³/mol. The summed E-state index contributed by atoms with van der Waals surface area (Å²) < 4.78 is 27.2. The van der Waals surface area contributed by atoms with Crippen LogP contribution in [0.25, 0.3) is 0 Å². The van der Waals surface area contributed by atoms with E-state index in [2.05, 4.69) is 18.6 Å². The number of nitrogens with two attached hydrogens (primary N) is 1. The minimum Gasteiger partial charge on any atom is -0.398 e. The van der Waals surface area contributed by atoms with Crippen molar-refractivity contribution < 1.29 is 8.42 Å². The fourth-order valence-electron chi connectivity index (χ4n) is 2.12. The number of nitrogens with one attached hydrogen (secondary N) is 1. The van der Waals surface area contributed by atoms with Crippen LogP contribution in [-0.4, -0.2) is 14.5 Å². The van der Waals surface area contributed by atoms with Gasteiger partial charge in [0.2, 0.25) is 10.0 Å². The molecule has 1 aromatic rings. The zero-order valence-electron chi connectivity index (χ0n) is 11.4. The molecular weight excluding hydrogens is 248 g/mol. The molecule has 0 bridgehead atoms. The molecule has 5 heteroatoms. The van der Waals surface area contributed by atoms with Crippen LogP contribution in [0.1, 0.15) is 32.8 Å². The van der Waals surface area contributed by atoms with E-state index < -0.39 is 10.0 Å². The monoisotopic (exact) mass is 270 g/mol. The van der Waals surface area contributed by atoms with E-state index in [1.165, 1.54) is 0 Å². The summed E-state index contributed by atoms with van der Waals surface area (Å²) in [6.07, 6.45) is 0.797. The number of hydrogen-bond acceptors (Lipinski definition) is 3. The Kier molecular flexibility index (Phi) is 4.76. The summed E-state index contributed by atoms with van der Waals surface area (Å²) in [6.45, 7) is 7.74. The molecule has 18 heavy (non-hydrogen) atoms. The van der Waals surface area contributed by atoms with E-state index in [1.54, 1.807) is 25.1 Å². The maximum atomic E-state index is 12.3. The summed E-state index contributed by atoms with van der Waals surface area (Å²) in [5, 5.41) is 0. The Labute approximate surface area is 110 Å². The van der Waals surface area contributed by atoms with Crippen LogP contribution in [0.15, 0.2) is 23.1 Å². The van der Waals surface area contributed by atoms with E-state index in [4.69, 9.17) is 5.73 Å². The lowest BCUT2D eigenvalue weighted by molar-refractivity contribution is 0.482. The fraction of sp³-hybridized carbons (Fsp3) is 0.538. The van der Waals surface area contributed by atoms with Crippen molar-refractivity contribution in [1.82, 2.24) is 4.72 Å². The van der Waals surface area contributed by atoms with Crippen molar-refractivity contribution in [1.29, 1.82) is 0 Å². The largest absolute Gasteiger partial charge is 0.398 e. The normalized spacial score (nSPS) is 13.8. The summed E-state index contributed by atoms with van der Waals surface area (Å²) in [4.78, 5) is 0.195. The van der Waals surface area contributed by atoms with Crippen molar-refractivity contribution in [3.05, 3.63) is 23.8 Å². The third kappa shape index (κ3) is 3.71. The van der Waals surface area contributed by atoms with Gasteiger partial charge < -0.3 is 5.73 Å². The second kappa shape index (κ2) is 5.71. The molecule has 0 saturated heterocycles. The second-order valence-corrected chi connectivity index (χ2v) is 6.80. The molecular formula is C13H22N2O2S. The van der Waals surface area contributed by atoms with Crippen LogP contribution in [0, 0.1) is 12.8 Å². The Balaban J connectivity index is 3.00. The Bertz CT molecular complexity index is 489. The van der Waals surface area contributed by atoms with Crippen LogP contribution in [0.2, 0.25) is 0 Å². The standard InChI is InChI=1S/C13H22N2O2S/c1-9(2)8-11(4)15-18(16,17)13-10(3)6-5-7-12(13)14/h5-7,9,11,15H,8,14H2,1-4H3. The molecule has 0 fully saturated rings. The second-order valence-electron chi connectivity index (χ2n) is 5.15. The van der Waals surface area contributed by atoms with Crippen LogP contribution in [0.3, 0.4) is 0 Å². The molecule has 1 rings (SSSR count). The van der Waals surface area contributed by atoms with Gasteiger partial charge in [-0.05, 0) is 37.8 Å². The minimum atomic E-state index is -3.54. The summed E-state index contributed by atoms with van der Waals surface area (Å²) in [5.74, 6) is 0.442. The lowest BCUT2D eigenvalue weighted by atomic mass is 10.1. The van der Waals surface area contributed by atoms with Crippen LogP contribution in [0.5, 0.6) is 0 Å². The molecule has 1 unspecified atom stereocenters. The molecule has 0 aliphatic rings. The van der Waals surface area contributed by atoms with Gasteiger partial charge in [0.15, 0.2) is 0 Å². The molecule has 1 aromatic carbocycles. The average Bonchev–Trinajstić information content (AvgIpc) is 2.13. The van der Waals surface area contributed by atoms with Crippen LogP contribution in [-0.2, 0) is 10.0 Å². The Hall–Kier alpha value is -1.07. The van der Waals surface area contributed by atoms with Gasteiger partial charge in [0.05, 0.1) is 5.69 Å². The van der Waals surface area contributed by atoms with Gasteiger partial charge in [0.25, 0.3) is 0 Å². The molecule has 0 amide bonds. The number of sulfonamides is 1. The van der Waals surface area contributed by atoms with Crippen LogP contribution < -0.4 is 10.5 Å². The minimum absolute atomic E-state index is 0.103. The van der Waals surface area contributed by atoms with Crippen molar-refractivity contribution in [2.45, 2.75) is 45.1 Å². The number of aryl methyl sites for hydroxylation is 1. The first-order chi connectivity index (χ1) is 8.24. The van der Waals surface area contributed by atoms with E-state index in [-0.39, 0.29) is 10.9 Å². The zero-order valence-corrected chi connectivity index (χ0v) is 12.2. The maximum absolute atomic E-state index is 12.3. The molecule has 0 heterocycles. The molecule has 0 aromatic heterocycles. The predicted octanol–water partition coefficient (Wildman–Crippen LogP) is 2.29. The highest BCUT2D eigenvalue weighted by molar-refractivity contribution is 7.89. The van der Waals surface area contributed by atoms with Gasteiger partial charge in [-0.2, -0.15) is 0 Å². The van der Waals surface area contributed by atoms with E-state index in [0.717, 1.165) is 6.42 Å². The summed E-state index contributed by atoms with van der Waals surface area (Å²) in [6, 6.07) is 5.00.